The van der Waals surface area contributed by atoms with E-state index in [0.29, 0.717) is 5.71 Å². The van der Waals surface area contributed by atoms with Crippen molar-refractivity contribution in [2.75, 3.05) is 4.90 Å². The van der Waals surface area contributed by atoms with E-state index in [-0.39, 0.29) is 11.8 Å². The van der Waals surface area contributed by atoms with Crippen molar-refractivity contribution in [3.8, 4) is 11.1 Å². The van der Waals surface area contributed by atoms with Crippen molar-refractivity contribution >= 4 is 28.9 Å². The first-order valence-corrected chi connectivity index (χ1v) is 10.3. The molecule has 2 amide bonds. The summed E-state index contributed by atoms with van der Waals surface area (Å²) >= 11 is 0. The van der Waals surface area contributed by atoms with Crippen LogP contribution in [0.3, 0.4) is 0 Å². The lowest BCUT2D eigenvalue weighted by Crippen LogP contribution is -2.28. The third kappa shape index (κ3) is 3.99. The van der Waals surface area contributed by atoms with Crippen molar-refractivity contribution < 1.29 is 9.59 Å². The van der Waals surface area contributed by atoms with Gasteiger partial charge in [0.25, 0.3) is 0 Å². The molecule has 31 heavy (non-hydrogen) atoms. The minimum Gasteiger partial charge on any atom is -0.280 e. The number of hydrogen-bond donors (Lipinski definition) is 1. The van der Waals surface area contributed by atoms with E-state index in [1.807, 2.05) is 56.3 Å². The number of carbonyl (C=O) groups excluding carboxylic acids is 2. The van der Waals surface area contributed by atoms with Gasteiger partial charge in [-0.05, 0) is 66.8 Å². The first-order chi connectivity index (χ1) is 14.8. The van der Waals surface area contributed by atoms with E-state index in [9.17, 15) is 9.59 Å². The van der Waals surface area contributed by atoms with E-state index in [2.05, 4.69) is 34.8 Å². The highest BCUT2D eigenvalue weighted by atomic mass is 16.2. The molecule has 1 atom stereocenters. The molecule has 156 valence electrons. The molecule has 1 N–H and O–H groups in total. The zero-order chi connectivity index (χ0) is 22.1. The third-order valence-electron chi connectivity index (χ3n) is 5.43. The van der Waals surface area contributed by atoms with Crippen molar-refractivity contribution in [2.24, 2.45) is 5.10 Å². The zero-order valence-electron chi connectivity index (χ0n) is 18.1. The van der Waals surface area contributed by atoms with E-state index in [0.717, 1.165) is 39.2 Å². The lowest BCUT2D eigenvalue weighted by atomic mass is 9.94. The Hall–Kier alpha value is -3.73. The summed E-state index contributed by atoms with van der Waals surface area (Å²) in [6.07, 6.45) is 0. The summed E-state index contributed by atoms with van der Waals surface area (Å²) in [5, 5.41) is 4.17. The molecule has 0 radical (unpaired) electrons. The molecular formula is C26H25N3O2. The largest absolute Gasteiger partial charge is 0.280 e. The standard InChI is InChI=1S/C26H25N3O2/c1-16-12-17(2)14-22(13-16)29-24-15-21(20-8-6-5-7-9-20)10-11-23(24)25(26(29)31)18(3)27-28-19(4)30/h5-15,25H,1-4H3,(H,28,30)/b27-18-. The second kappa shape index (κ2) is 8.19. The molecule has 5 nitrogen and oxygen atoms in total. The van der Waals surface area contributed by atoms with E-state index in [1.54, 1.807) is 11.8 Å². The average Bonchev–Trinajstić information content (AvgIpc) is 3.03. The Kier molecular flexibility index (Phi) is 5.42. The van der Waals surface area contributed by atoms with Gasteiger partial charge in [0.15, 0.2) is 0 Å². The van der Waals surface area contributed by atoms with Crippen LogP contribution >= 0.6 is 0 Å². The van der Waals surface area contributed by atoms with Gasteiger partial charge in [-0.15, -0.1) is 0 Å². The molecule has 0 aliphatic carbocycles. The zero-order valence-corrected chi connectivity index (χ0v) is 18.1. The number of aryl methyl sites for hydroxylation is 2. The van der Waals surface area contributed by atoms with Crippen LogP contribution < -0.4 is 10.3 Å². The molecule has 0 fully saturated rings. The van der Waals surface area contributed by atoms with Gasteiger partial charge in [0.1, 0.15) is 5.92 Å². The highest BCUT2D eigenvalue weighted by molar-refractivity contribution is 6.22. The van der Waals surface area contributed by atoms with E-state index in [1.165, 1.54) is 6.92 Å². The summed E-state index contributed by atoms with van der Waals surface area (Å²) < 4.78 is 0. The maximum Gasteiger partial charge on any atom is 0.244 e. The van der Waals surface area contributed by atoms with Crippen molar-refractivity contribution in [3.05, 3.63) is 83.4 Å². The molecule has 3 aromatic rings. The van der Waals surface area contributed by atoms with E-state index < -0.39 is 5.92 Å². The molecule has 0 saturated carbocycles. The summed E-state index contributed by atoms with van der Waals surface area (Å²) in [7, 11) is 0. The van der Waals surface area contributed by atoms with Gasteiger partial charge >= 0.3 is 0 Å². The molecule has 1 aliphatic rings. The first kappa shape index (κ1) is 20.5. The Morgan fingerprint density at radius 1 is 0.903 bits per heavy atom. The second-order valence-electron chi connectivity index (χ2n) is 8.01. The number of nitrogens with one attached hydrogen (secondary N) is 1. The van der Waals surface area contributed by atoms with Crippen LogP contribution in [0.4, 0.5) is 11.4 Å². The SMILES string of the molecule is CC(=O)N/N=C(/C)C1C(=O)N(c2cc(C)cc(C)c2)c2cc(-c3ccccc3)ccc21. The van der Waals surface area contributed by atoms with Crippen LogP contribution in [0.15, 0.2) is 71.8 Å². The van der Waals surface area contributed by atoms with Crippen molar-refractivity contribution in [1.29, 1.82) is 0 Å². The molecule has 5 heteroatoms. The Labute approximate surface area is 182 Å². The van der Waals surface area contributed by atoms with Crippen LogP contribution in [0.2, 0.25) is 0 Å². The van der Waals surface area contributed by atoms with E-state index >= 15 is 0 Å². The van der Waals surface area contributed by atoms with Gasteiger partial charge in [0.2, 0.25) is 11.8 Å². The Morgan fingerprint density at radius 2 is 1.58 bits per heavy atom. The predicted octanol–water partition coefficient (Wildman–Crippen LogP) is 5.24. The molecule has 0 aromatic heterocycles. The maximum atomic E-state index is 13.7. The van der Waals surface area contributed by atoms with Gasteiger partial charge in [0.05, 0.1) is 11.4 Å². The van der Waals surface area contributed by atoms with Gasteiger partial charge in [-0.2, -0.15) is 5.10 Å². The Balaban J connectivity index is 1.88. The van der Waals surface area contributed by atoms with Gasteiger partial charge in [0, 0.05) is 12.6 Å². The number of carbonyl (C=O) groups is 2. The predicted molar refractivity (Wildman–Crippen MR) is 125 cm³/mol. The van der Waals surface area contributed by atoms with Crippen molar-refractivity contribution in [1.82, 2.24) is 5.43 Å². The molecule has 1 aliphatic heterocycles. The molecular weight excluding hydrogens is 386 g/mol. The maximum absolute atomic E-state index is 13.7. The lowest BCUT2D eigenvalue weighted by Gasteiger charge is -2.20. The number of rotatable bonds is 4. The Morgan fingerprint density at radius 3 is 2.23 bits per heavy atom. The molecule has 0 bridgehead atoms. The molecule has 3 aromatic carbocycles. The van der Waals surface area contributed by atoms with Gasteiger partial charge < -0.3 is 0 Å². The van der Waals surface area contributed by atoms with Crippen LogP contribution in [-0.2, 0) is 9.59 Å². The number of benzene rings is 3. The normalized spacial score (nSPS) is 15.7. The topological polar surface area (TPSA) is 61.8 Å². The van der Waals surface area contributed by atoms with E-state index in [4.69, 9.17) is 0 Å². The lowest BCUT2D eigenvalue weighted by molar-refractivity contribution is -0.119. The molecule has 0 spiro atoms. The minimum absolute atomic E-state index is 0.0724. The van der Waals surface area contributed by atoms with Crippen molar-refractivity contribution in [3.63, 3.8) is 0 Å². The second-order valence-corrected chi connectivity index (χ2v) is 8.01. The molecule has 1 heterocycles. The number of fused-ring (bicyclic) bond motifs is 1. The van der Waals surface area contributed by atoms with Gasteiger partial charge in [-0.1, -0.05) is 48.5 Å². The summed E-state index contributed by atoms with van der Waals surface area (Å²) in [6, 6.07) is 22.3. The fraction of sp³-hybridized carbons (Fsp3) is 0.192. The highest BCUT2D eigenvalue weighted by Gasteiger charge is 2.40. The van der Waals surface area contributed by atoms with Gasteiger partial charge in [-0.3, -0.25) is 14.5 Å². The molecule has 0 saturated heterocycles. The van der Waals surface area contributed by atoms with Crippen LogP contribution in [0.25, 0.3) is 11.1 Å². The number of hydrazone groups is 1. The third-order valence-corrected chi connectivity index (χ3v) is 5.43. The number of hydrogen-bond acceptors (Lipinski definition) is 3. The van der Waals surface area contributed by atoms with Crippen LogP contribution in [0.5, 0.6) is 0 Å². The summed E-state index contributed by atoms with van der Waals surface area (Å²) in [5.74, 6) is -0.889. The van der Waals surface area contributed by atoms with Gasteiger partial charge in [-0.25, -0.2) is 5.43 Å². The fourth-order valence-corrected chi connectivity index (χ4v) is 4.15. The minimum atomic E-state index is -0.549. The Bertz CT molecular complexity index is 1180. The van der Waals surface area contributed by atoms with Crippen LogP contribution in [0, 0.1) is 13.8 Å². The monoisotopic (exact) mass is 411 g/mol. The fourth-order valence-electron chi connectivity index (χ4n) is 4.15. The molecule has 1 unspecified atom stereocenters. The van der Waals surface area contributed by atoms with Crippen molar-refractivity contribution in [2.45, 2.75) is 33.6 Å². The molecule has 4 rings (SSSR count). The summed E-state index contributed by atoms with van der Waals surface area (Å²) in [6.45, 7) is 7.23. The number of nitrogens with zero attached hydrogens (tertiary/aromatic N) is 2. The number of amides is 2. The van der Waals surface area contributed by atoms with Crippen LogP contribution in [0.1, 0.15) is 36.5 Å². The highest BCUT2D eigenvalue weighted by Crippen LogP contribution is 2.44. The summed E-state index contributed by atoms with van der Waals surface area (Å²) in [4.78, 5) is 26.8. The first-order valence-electron chi connectivity index (χ1n) is 10.3. The van der Waals surface area contributed by atoms with Crippen LogP contribution in [-0.4, -0.2) is 17.5 Å². The number of anilines is 2. The summed E-state index contributed by atoms with van der Waals surface area (Å²) in [5.41, 5.74) is 9.90. The quantitative estimate of drug-likeness (QED) is 0.471. The average molecular weight is 412 g/mol. The smallest absolute Gasteiger partial charge is 0.244 e.